The van der Waals surface area contributed by atoms with Crippen LogP contribution in [0.25, 0.3) is 6.08 Å². The Labute approximate surface area is 115 Å². The van der Waals surface area contributed by atoms with Gasteiger partial charge in [0.1, 0.15) is 11.5 Å². The van der Waals surface area contributed by atoms with Crippen molar-refractivity contribution in [2.24, 2.45) is 5.73 Å². The third kappa shape index (κ3) is 4.24. The number of nitrogens with two attached hydrogens (primary N) is 1. The fraction of sp³-hybridized carbons (Fsp3) is 0.429. The van der Waals surface area contributed by atoms with Crippen LogP contribution in [0.15, 0.2) is 18.2 Å². The van der Waals surface area contributed by atoms with Crippen LogP contribution in [0.2, 0.25) is 0 Å². The third-order valence-corrected chi connectivity index (χ3v) is 2.52. The van der Waals surface area contributed by atoms with Gasteiger partial charge in [-0.1, -0.05) is 12.2 Å². The second kappa shape index (κ2) is 8.01. The van der Waals surface area contributed by atoms with Crippen LogP contribution >= 0.6 is 12.4 Å². The molecule has 0 bridgehead atoms. The molecule has 0 aromatic heterocycles. The van der Waals surface area contributed by atoms with E-state index in [1.807, 2.05) is 38.1 Å². The number of ether oxygens (including phenoxy) is 2. The number of hydrogen-bond donors (Lipinski definition) is 1. The molecular weight excluding hydrogens is 250 g/mol. The zero-order valence-corrected chi connectivity index (χ0v) is 12.2. The molecule has 1 aromatic rings. The Morgan fingerprint density at radius 3 is 2.28 bits per heavy atom. The van der Waals surface area contributed by atoms with Crippen molar-refractivity contribution in [1.29, 1.82) is 0 Å². The molecule has 0 aliphatic heterocycles. The minimum absolute atomic E-state index is 0. The summed E-state index contributed by atoms with van der Waals surface area (Å²) in [5, 5.41) is 0. The van der Waals surface area contributed by atoms with Gasteiger partial charge in [0.25, 0.3) is 0 Å². The molecular formula is C14H22ClNO2. The standard InChI is InChI=1S/C14H21NO2.ClH/c1-5-6-11-8-14(17-4)12(7-10(2)15)9-13(11)16-3;/h5-6,8-10H,7,15H2,1-4H3;1H. The minimum Gasteiger partial charge on any atom is -0.496 e. The molecule has 0 heterocycles. The smallest absolute Gasteiger partial charge is 0.126 e. The highest BCUT2D eigenvalue weighted by molar-refractivity contribution is 5.85. The second-order valence-electron chi connectivity index (χ2n) is 4.09. The van der Waals surface area contributed by atoms with Crippen LogP contribution in [0.3, 0.4) is 0 Å². The Morgan fingerprint density at radius 2 is 1.83 bits per heavy atom. The lowest BCUT2D eigenvalue weighted by molar-refractivity contribution is 0.397. The monoisotopic (exact) mass is 271 g/mol. The number of halogens is 1. The molecule has 0 aliphatic carbocycles. The molecule has 0 aliphatic rings. The first-order chi connectivity index (χ1) is 8.12. The molecule has 3 nitrogen and oxygen atoms in total. The van der Waals surface area contributed by atoms with E-state index >= 15 is 0 Å². The van der Waals surface area contributed by atoms with Gasteiger partial charge in [-0.3, -0.25) is 0 Å². The van der Waals surface area contributed by atoms with Crippen LogP contribution in [0.1, 0.15) is 25.0 Å². The van der Waals surface area contributed by atoms with Gasteiger partial charge < -0.3 is 15.2 Å². The molecule has 4 heteroatoms. The summed E-state index contributed by atoms with van der Waals surface area (Å²) in [6.45, 7) is 3.95. The summed E-state index contributed by atoms with van der Waals surface area (Å²) in [5.41, 5.74) is 7.92. The zero-order chi connectivity index (χ0) is 12.8. The van der Waals surface area contributed by atoms with E-state index in [1.54, 1.807) is 14.2 Å². The first-order valence-electron chi connectivity index (χ1n) is 5.75. The van der Waals surface area contributed by atoms with Gasteiger partial charge in [-0.15, -0.1) is 12.4 Å². The van der Waals surface area contributed by atoms with Gasteiger partial charge in [-0.2, -0.15) is 0 Å². The molecule has 1 aromatic carbocycles. The highest BCUT2D eigenvalue weighted by Gasteiger charge is 2.10. The van der Waals surface area contributed by atoms with Crippen molar-refractivity contribution in [2.75, 3.05) is 14.2 Å². The maximum absolute atomic E-state index is 5.83. The largest absolute Gasteiger partial charge is 0.496 e. The average Bonchev–Trinajstić information content (AvgIpc) is 2.30. The summed E-state index contributed by atoms with van der Waals surface area (Å²) in [7, 11) is 3.34. The van der Waals surface area contributed by atoms with Crippen molar-refractivity contribution in [3.63, 3.8) is 0 Å². The van der Waals surface area contributed by atoms with E-state index < -0.39 is 0 Å². The van der Waals surface area contributed by atoms with E-state index in [1.165, 1.54) is 0 Å². The molecule has 0 saturated heterocycles. The first kappa shape index (κ1) is 16.8. The predicted molar refractivity (Wildman–Crippen MR) is 78.9 cm³/mol. The summed E-state index contributed by atoms with van der Waals surface area (Å²) in [5.74, 6) is 1.70. The van der Waals surface area contributed by atoms with E-state index in [4.69, 9.17) is 15.2 Å². The fourth-order valence-electron chi connectivity index (χ4n) is 1.80. The quantitative estimate of drug-likeness (QED) is 0.895. The molecule has 102 valence electrons. The molecule has 18 heavy (non-hydrogen) atoms. The van der Waals surface area contributed by atoms with Crippen molar-refractivity contribution in [1.82, 2.24) is 0 Å². The van der Waals surface area contributed by atoms with Gasteiger partial charge in [0.2, 0.25) is 0 Å². The molecule has 0 saturated carbocycles. The van der Waals surface area contributed by atoms with Crippen molar-refractivity contribution < 1.29 is 9.47 Å². The number of methoxy groups -OCH3 is 2. The Hall–Kier alpha value is -1.19. The zero-order valence-electron chi connectivity index (χ0n) is 11.4. The Balaban J connectivity index is 0.00000289. The number of benzene rings is 1. The van der Waals surface area contributed by atoms with E-state index in [2.05, 4.69) is 0 Å². The van der Waals surface area contributed by atoms with Gasteiger partial charge in [0.15, 0.2) is 0 Å². The van der Waals surface area contributed by atoms with Crippen molar-refractivity contribution in [2.45, 2.75) is 26.3 Å². The van der Waals surface area contributed by atoms with E-state index in [-0.39, 0.29) is 18.4 Å². The van der Waals surface area contributed by atoms with E-state index in [9.17, 15) is 0 Å². The van der Waals surface area contributed by atoms with Gasteiger partial charge >= 0.3 is 0 Å². The molecule has 0 radical (unpaired) electrons. The minimum atomic E-state index is 0. The van der Waals surface area contributed by atoms with Crippen LogP contribution in [0.4, 0.5) is 0 Å². The van der Waals surface area contributed by atoms with Crippen LogP contribution in [-0.4, -0.2) is 20.3 Å². The van der Waals surface area contributed by atoms with Crippen molar-refractivity contribution in [3.8, 4) is 11.5 Å². The highest BCUT2D eigenvalue weighted by atomic mass is 35.5. The van der Waals surface area contributed by atoms with Crippen LogP contribution < -0.4 is 15.2 Å². The number of rotatable bonds is 5. The number of hydrogen-bond acceptors (Lipinski definition) is 3. The third-order valence-electron chi connectivity index (χ3n) is 2.52. The summed E-state index contributed by atoms with van der Waals surface area (Å²) in [4.78, 5) is 0. The SMILES string of the molecule is CC=Cc1cc(OC)c(CC(C)N)cc1OC.Cl. The maximum Gasteiger partial charge on any atom is 0.126 e. The highest BCUT2D eigenvalue weighted by Crippen LogP contribution is 2.30. The lowest BCUT2D eigenvalue weighted by atomic mass is 10.0. The van der Waals surface area contributed by atoms with Gasteiger partial charge in [-0.25, -0.2) is 0 Å². The summed E-state index contributed by atoms with van der Waals surface area (Å²) in [6.07, 6.45) is 4.75. The van der Waals surface area contributed by atoms with Gasteiger partial charge in [0, 0.05) is 11.6 Å². The molecule has 0 spiro atoms. The fourth-order valence-corrected chi connectivity index (χ4v) is 1.80. The van der Waals surface area contributed by atoms with E-state index in [0.717, 1.165) is 29.0 Å². The summed E-state index contributed by atoms with van der Waals surface area (Å²) < 4.78 is 10.8. The predicted octanol–water partition coefficient (Wildman–Crippen LogP) is 3.05. The Morgan fingerprint density at radius 1 is 1.22 bits per heavy atom. The van der Waals surface area contributed by atoms with Gasteiger partial charge in [0.05, 0.1) is 14.2 Å². The van der Waals surface area contributed by atoms with Crippen molar-refractivity contribution >= 4 is 18.5 Å². The molecule has 1 rings (SSSR count). The molecule has 0 fully saturated rings. The molecule has 1 atom stereocenters. The molecule has 2 N–H and O–H groups in total. The lowest BCUT2D eigenvalue weighted by Gasteiger charge is -2.14. The second-order valence-corrected chi connectivity index (χ2v) is 4.09. The molecule has 1 unspecified atom stereocenters. The first-order valence-corrected chi connectivity index (χ1v) is 5.75. The Kier molecular flexibility index (Phi) is 7.48. The van der Waals surface area contributed by atoms with Crippen LogP contribution in [0, 0.1) is 0 Å². The van der Waals surface area contributed by atoms with Crippen molar-refractivity contribution in [3.05, 3.63) is 29.3 Å². The normalized spacial score (nSPS) is 12.1. The van der Waals surface area contributed by atoms with Gasteiger partial charge in [-0.05, 0) is 38.0 Å². The average molecular weight is 272 g/mol. The molecule has 0 amide bonds. The van der Waals surface area contributed by atoms with Crippen LogP contribution in [-0.2, 0) is 6.42 Å². The van der Waals surface area contributed by atoms with E-state index in [0.29, 0.717) is 0 Å². The topological polar surface area (TPSA) is 44.5 Å². The lowest BCUT2D eigenvalue weighted by Crippen LogP contribution is -2.18. The summed E-state index contributed by atoms with van der Waals surface area (Å²) in [6, 6.07) is 4.08. The maximum atomic E-state index is 5.83. The van der Waals surface area contributed by atoms with Crippen LogP contribution in [0.5, 0.6) is 11.5 Å². The Bertz CT molecular complexity index is 403. The number of allylic oxidation sites excluding steroid dienone is 1. The summed E-state index contributed by atoms with van der Waals surface area (Å²) >= 11 is 0.